The Balaban J connectivity index is 1.32. The minimum atomic E-state index is -0.235. The van der Waals surface area contributed by atoms with Gasteiger partial charge in [-0.05, 0) is 57.7 Å². The molecule has 1 amide bonds. The molecule has 0 aromatic heterocycles. The molecule has 1 atom stereocenters. The van der Waals surface area contributed by atoms with Gasteiger partial charge in [0.25, 0.3) is 5.91 Å². The number of carbonyl (C=O) groups excluding carboxylic acids is 1. The predicted octanol–water partition coefficient (Wildman–Crippen LogP) is 5.18. The average Bonchev–Trinajstić information content (AvgIpc) is 3.26. The SMILES string of the molecule is O=C(COc1ccc2ccccc2c1Br)Nc1cccc(OCC2CCCO2)c1. The molecule has 5 nitrogen and oxygen atoms in total. The zero-order chi connectivity index (χ0) is 20.1. The van der Waals surface area contributed by atoms with E-state index in [0.29, 0.717) is 23.8 Å². The van der Waals surface area contributed by atoms with Gasteiger partial charge >= 0.3 is 0 Å². The van der Waals surface area contributed by atoms with Gasteiger partial charge in [-0.25, -0.2) is 0 Å². The van der Waals surface area contributed by atoms with Crippen LogP contribution >= 0.6 is 15.9 Å². The molecule has 0 bridgehead atoms. The first-order valence-electron chi connectivity index (χ1n) is 9.63. The third-order valence-corrected chi connectivity index (χ3v) is 5.58. The number of nitrogens with one attached hydrogen (secondary N) is 1. The van der Waals surface area contributed by atoms with Gasteiger partial charge in [-0.15, -0.1) is 0 Å². The zero-order valence-corrected chi connectivity index (χ0v) is 17.5. The van der Waals surface area contributed by atoms with Crippen molar-refractivity contribution >= 4 is 38.3 Å². The lowest BCUT2D eigenvalue weighted by Gasteiger charge is -2.13. The minimum absolute atomic E-state index is 0.0854. The fraction of sp³-hybridized carbons (Fsp3) is 0.261. The molecule has 150 valence electrons. The summed E-state index contributed by atoms with van der Waals surface area (Å²) in [4.78, 5) is 12.3. The summed E-state index contributed by atoms with van der Waals surface area (Å²) in [7, 11) is 0. The highest BCUT2D eigenvalue weighted by atomic mass is 79.9. The smallest absolute Gasteiger partial charge is 0.262 e. The average molecular weight is 456 g/mol. The normalized spacial score (nSPS) is 16.0. The lowest BCUT2D eigenvalue weighted by atomic mass is 10.1. The third-order valence-electron chi connectivity index (χ3n) is 4.76. The topological polar surface area (TPSA) is 56.8 Å². The van der Waals surface area contributed by atoms with Crippen LogP contribution in [0.15, 0.2) is 65.1 Å². The molecular formula is C23H22BrNO4. The van der Waals surface area contributed by atoms with Gasteiger partial charge in [0.15, 0.2) is 6.61 Å². The van der Waals surface area contributed by atoms with Crippen molar-refractivity contribution in [1.82, 2.24) is 0 Å². The summed E-state index contributed by atoms with van der Waals surface area (Å²) >= 11 is 3.57. The van der Waals surface area contributed by atoms with E-state index in [2.05, 4.69) is 21.2 Å². The number of rotatable bonds is 7. The van der Waals surface area contributed by atoms with Crippen molar-refractivity contribution in [2.75, 3.05) is 25.1 Å². The van der Waals surface area contributed by atoms with Gasteiger partial charge in [-0.2, -0.15) is 0 Å². The molecule has 1 N–H and O–H groups in total. The van der Waals surface area contributed by atoms with Crippen LogP contribution in [0.5, 0.6) is 11.5 Å². The van der Waals surface area contributed by atoms with Crippen LogP contribution in [0.4, 0.5) is 5.69 Å². The van der Waals surface area contributed by atoms with Gasteiger partial charge < -0.3 is 19.5 Å². The monoisotopic (exact) mass is 455 g/mol. The highest BCUT2D eigenvalue weighted by Gasteiger charge is 2.16. The van der Waals surface area contributed by atoms with Crippen molar-refractivity contribution in [3.05, 3.63) is 65.1 Å². The van der Waals surface area contributed by atoms with E-state index in [1.807, 2.05) is 54.6 Å². The molecule has 3 aromatic rings. The molecule has 4 rings (SSSR count). The largest absolute Gasteiger partial charge is 0.491 e. The van der Waals surface area contributed by atoms with Crippen molar-refractivity contribution in [1.29, 1.82) is 0 Å². The first-order chi connectivity index (χ1) is 14.2. The second-order valence-corrected chi connectivity index (χ2v) is 7.70. The first kappa shape index (κ1) is 19.7. The molecule has 1 fully saturated rings. The highest BCUT2D eigenvalue weighted by molar-refractivity contribution is 9.10. The summed E-state index contributed by atoms with van der Waals surface area (Å²) in [5, 5.41) is 5.00. The maximum absolute atomic E-state index is 12.3. The van der Waals surface area contributed by atoms with Crippen molar-refractivity contribution < 1.29 is 19.0 Å². The Morgan fingerprint density at radius 2 is 2.00 bits per heavy atom. The minimum Gasteiger partial charge on any atom is -0.491 e. The van der Waals surface area contributed by atoms with Gasteiger partial charge in [0.1, 0.15) is 18.1 Å². The fourth-order valence-corrected chi connectivity index (χ4v) is 3.90. The van der Waals surface area contributed by atoms with E-state index < -0.39 is 0 Å². The summed E-state index contributed by atoms with van der Waals surface area (Å²) in [5.74, 6) is 1.10. The van der Waals surface area contributed by atoms with E-state index in [4.69, 9.17) is 14.2 Å². The molecule has 1 aliphatic heterocycles. The zero-order valence-electron chi connectivity index (χ0n) is 15.9. The Morgan fingerprint density at radius 1 is 1.10 bits per heavy atom. The van der Waals surface area contributed by atoms with Gasteiger partial charge in [0, 0.05) is 18.4 Å². The van der Waals surface area contributed by atoms with Crippen LogP contribution in [0.3, 0.4) is 0 Å². The molecule has 6 heteroatoms. The molecule has 0 aliphatic carbocycles. The summed E-state index contributed by atoms with van der Waals surface area (Å²) in [5.41, 5.74) is 0.668. The van der Waals surface area contributed by atoms with E-state index in [1.165, 1.54) is 0 Å². The van der Waals surface area contributed by atoms with E-state index in [1.54, 1.807) is 6.07 Å². The van der Waals surface area contributed by atoms with Crippen molar-refractivity contribution in [3.63, 3.8) is 0 Å². The second kappa shape index (κ2) is 9.29. The van der Waals surface area contributed by atoms with Gasteiger partial charge in [0.2, 0.25) is 0 Å². The lowest BCUT2D eigenvalue weighted by Crippen LogP contribution is -2.20. The number of hydrogen-bond donors (Lipinski definition) is 1. The lowest BCUT2D eigenvalue weighted by molar-refractivity contribution is -0.118. The first-order valence-corrected chi connectivity index (χ1v) is 10.4. The summed E-state index contributed by atoms with van der Waals surface area (Å²) in [6.45, 7) is 1.24. The van der Waals surface area contributed by atoms with Crippen LogP contribution in [0.25, 0.3) is 10.8 Å². The molecule has 29 heavy (non-hydrogen) atoms. The maximum Gasteiger partial charge on any atom is 0.262 e. The summed E-state index contributed by atoms with van der Waals surface area (Å²) in [6.07, 6.45) is 2.26. The molecule has 1 aliphatic rings. The summed E-state index contributed by atoms with van der Waals surface area (Å²) in [6, 6.07) is 19.2. The number of hydrogen-bond acceptors (Lipinski definition) is 4. The van der Waals surface area contributed by atoms with Crippen LogP contribution in [0, 0.1) is 0 Å². The standard InChI is InChI=1S/C23H22BrNO4/c24-23-20-9-2-1-5-16(20)10-11-21(23)29-15-22(26)25-17-6-3-7-18(13-17)28-14-19-8-4-12-27-19/h1-3,5-7,9-11,13,19H,4,8,12,14-15H2,(H,25,26). The van der Waals surface area contributed by atoms with Crippen molar-refractivity contribution in [2.24, 2.45) is 0 Å². The molecule has 0 radical (unpaired) electrons. The predicted molar refractivity (Wildman–Crippen MR) is 117 cm³/mol. The fourth-order valence-electron chi connectivity index (χ4n) is 3.29. The Hall–Kier alpha value is -2.57. The quantitative estimate of drug-likeness (QED) is 0.533. The van der Waals surface area contributed by atoms with E-state index in [-0.39, 0.29) is 18.6 Å². The molecule has 0 saturated carbocycles. The Bertz CT molecular complexity index is 1000. The van der Waals surface area contributed by atoms with Crippen molar-refractivity contribution in [2.45, 2.75) is 18.9 Å². The van der Waals surface area contributed by atoms with Gasteiger partial charge in [-0.1, -0.05) is 36.4 Å². The van der Waals surface area contributed by atoms with Gasteiger partial charge in [-0.3, -0.25) is 4.79 Å². The number of amides is 1. The highest BCUT2D eigenvalue weighted by Crippen LogP contribution is 2.33. The van der Waals surface area contributed by atoms with Crippen LogP contribution in [-0.2, 0) is 9.53 Å². The molecule has 0 spiro atoms. The Labute approximate surface area is 178 Å². The summed E-state index contributed by atoms with van der Waals surface area (Å²) < 4.78 is 17.9. The number of carbonyl (C=O) groups is 1. The number of anilines is 1. The number of fused-ring (bicyclic) bond motifs is 1. The molecule has 1 heterocycles. The van der Waals surface area contributed by atoms with Gasteiger partial charge in [0.05, 0.1) is 10.6 Å². The molecule has 3 aromatic carbocycles. The third kappa shape index (κ3) is 5.08. The van der Waals surface area contributed by atoms with Crippen molar-refractivity contribution in [3.8, 4) is 11.5 Å². The van der Waals surface area contributed by atoms with E-state index >= 15 is 0 Å². The van der Waals surface area contributed by atoms with E-state index in [9.17, 15) is 4.79 Å². The van der Waals surface area contributed by atoms with Crippen LogP contribution in [0.2, 0.25) is 0 Å². The number of halogens is 1. The number of benzene rings is 3. The molecular weight excluding hydrogens is 434 g/mol. The Kier molecular flexibility index (Phi) is 6.32. The van der Waals surface area contributed by atoms with E-state index in [0.717, 1.165) is 34.7 Å². The number of ether oxygens (including phenoxy) is 3. The van der Waals surface area contributed by atoms with Crippen LogP contribution in [-0.4, -0.2) is 31.8 Å². The molecule has 1 saturated heterocycles. The second-order valence-electron chi connectivity index (χ2n) is 6.91. The van der Waals surface area contributed by atoms with Crippen LogP contribution < -0.4 is 14.8 Å². The molecule has 1 unspecified atom stereocenters. The Morgan fingerprint density at radius 3 is 2.86 bits per heavy atom. The maximum atomic E-state index is 12.3. The van der Waals surface area contributed by atoms with Crippen LogP contribution in [0.1, 0.15) is 12.8 Å².